The standard InChI is InChI=1S/C19H14N4O3S/c1-27-16-8-7-14(11-20-16)12-4-2-5-13(10-12)17(24)21-19-23-22-18(26-19)15-6-3-9-25-15/h2-11H,1H3,(H,21,23,24). The summed E-state index contributed by atoms with van der Waals surface area (Å²) in [6.45, 7) is 0. The number of carbonyl (C=O) groups is 1. The van der Waals surface area contributed by atoms with Crippen LogP contribution in [0.25, 0.3) is 22.8 Å². The summed E-state index contributed by atoms with van der Waals surface area (Å²) in [6, 6.07) is 14.6. The fraction of sp³-hybridized carbons (Fsp3) is 0.0526. The lowest BCUT2D eigenvalue weighted by Gasteiger charge is -2.05. The van der Waals surface area contributed by atoms with E-state index in [1.54, 1.807) is 42.2 Å². The van der Waals surface area contributed by atoms with Gasteiger partial charge in [-0.3, -0.25) is 10.1 Å². The smallest absolute Gasteiger partial charge is 0.322 e. The Morgan fingerprint density at radius 1 is 1.07 bits per heavy atom. The van der Waals surface area contributed by atoms with Crippen molar-refractivity contribution in [2.75, 3.05) is 11.6 Å². The highest BCUT2D eigenvalue weighted by atomic mass is 32.2. The van der Waals surface area contributed by atoms with Gasteiger partial charge in [0.05, 0.1) is 11.3 Å². The first kappa shape index (κ1) is 17.0. The molecule has 134 valence electrons. The molecule has 0 unspecified atom stereocenters. The number of furan rings is 1. The molecule has 0 fully saturated rings. The Hall–Kier alpha value is -3.39. The third kappa shape index (κ3) is 3.75. The lowest BCUT2D eigenvalue weighted by Crippen LogP contribution is -2.12. The van der Waals surface area contributed by atoms with Crippen LogP contribution >= 0.6 is 11.8 Å². The van der Waals surface area contributed by atoms with Gasteiger partial charge in [-0.15, -0.1) is 16.9 Å². The number of nitrogens with zero attached hydrogens (tertiary/aromatic N) is 3. The Labute approximate surface area is 158 Å². The first-order valence-electron chi connectivity index (χ1n) is 8.02. The molecule has 3 aromatic heterocycles. The van der Waals surface area contributed by atoms with E-state index in [0.717, 1.165) is 16.2 Å². The molecule has 27 heavy (non-hydrogen) atoms. The minimum absolute atomic E-state index is 0.00259. The molecule has 0 aliphatic rings. The van der Waals surface area contributed by atoms with Crippen LogP contribution in [0.2, 0.25) is 0 Å². The summed E-state index contributed by atoms with van der Waals surface area (Å²) >= 11 is 1.58. The van der Waals surface area contributed by atoms with Crippen LogP contribution in [0.15, 0.2) is 74.9 Å². The zero-order chi connectivity index (χ0) is 18.6. The van der Waals surface area contributed by atoms with E-state index in [4.69, 9.17) is 8.83 Å². The molecule has 0 radical (unpaired) electrons. The number of hydrogen-bond donors (Lipinski definition) is 1. The predicted molar refractivity (Wildman–Crippen MR) is 101 cm³/mol. The number of hydrogen-bond acceptors (Lipinski definition) is 7. The predicted octanol–water partition coefficient (Wildman–Crippen LogP) is 4.37. The van der Waals surface area contributed by atoms with Gasteiger partial charge in [0.15, 0.2) is 5.76 Å². The summed E-state index contributed by atoms with van der Waals surface area (Å²) in [4.78, 5) is 16.9. The number of thioether (sulfide) groups is 1. The van der Waals surface area contributed by atoms with Crippen molar-refractivity contribution in [2.45, 2.75) is 5.03 Å². The summed E-state index contributed by atoms with van der Waals surface area (Å²) < 4.78 is 10.6. The first-order valence-corrected chi connectivity index (χ1v) is 9.24. The van der Waals surface area contributed by atoms with Crippen molar-refractivity contribution in [2.24, 2.45) is 0 Å². The molecule has 8 heteroatoms. The Morgan fingerprint density at radius 3 is 2.74 bits per heavy atom. The zero-order valence-corrected chi connectivity index (χ0v) is 15.1. The Morgan fingerprint density at radius 2 is 2.00 bits per heavy atom. The molecular weight excluding hydrogens is 364 g/mol. The molecule has 0 aliphatic heterocycles. The monoisotopic (exact) mass is 378 g/mol. The van der Waals surface area contributed by atoms with Crippen molar-refractivity contribution in [3.63, 3.8) is 0 Å². The van der Waals surface area contributed by atoms with E-state index in [2.05, 4.69) is 20.5 Å². The van der Waals surface area contributed by atoms with Crippen molar-refractivity contribution < 1.29 is 13.6 Å². The molecule has 0 bridgehead atoms. The quantitative estimate of drug-likeness (QED) is 0.515. The van der Waals surface area contributed by atoms with E-state index in [1.165, 1.54) is 6.26 Å². The van der Waals surface area contributed by atoms with E-state index in [1.807, 2.05) is 30.5 Å². The molecule has 0 saturated heterocycles. The van der Waals surface area contributed by atoms with Crippen molar-refractivity contribution in [1.82, 2.24) is 15.2 Å². The second-order valence-corrected chi connectivity index (χ2v) is 6.34. The van der Waals surface area contributed by atoms with Gasteiger partial charge in [0.2, 0.25) is 0 Å². The number of amides is 1. The average molecular weight is 378 g/mol. The first-order chi connectivity index (χ1) is 13.2. The summed E-state index contributed by atoms with van der Waals surface area (Å²) in [6.07, 6.45) is 5.27. The molecule has 0 aliphatic carbocycles. The van der Waals surface area contributed by atoms with Gasteiger partial charge in [0.25, 0.3) is 11.8 Å². The maximum absolute atomic E-state index is 12.5. The van der Waals surface area contributed by atoms with Crippen LogP contribution < -0.4 is 5.32 Å². The number of carbonyl (C=O) groups excluding carboxylic acids is 1. The van der Waals surface area contributed by atoms with E-state index in [-0.39, 0.29) is 17.8 Å². The second-order valence-electron chi connectivity index (χ2n) is 5.51. The summed E-state index contributed by atoms with van der Waals surface area (Å²) in [7, 11) is 0. The van der Waals surface area contributed by atoms with Crippen LogP contribution in [-0.2, 0) is 0 Å². The number of anilines is 1. The van der Waals surface area contributed by atoms with Crippen LogP contribution in [-0.4, -0.2) is 27.3 Å². The van der Waals surface area contributed by atoms with Gasteiger partial charge >= 0.3 is 6.01 Å². The molecule has 1 N–H and O–H groups in total. The van der Waals surface area contributed by atoms with Gasteiger partial charge in [-0.2, -0.15) is 0 Å². The highest BCUT2D eigenvalue weighted by Crippen LogP contribution is 2.23. The molecule has 0 spiro atoms. The fourth-order valence-corrected chi connectivity index (χ4v) is 2.82. The Balaban J connectivity index is 1.52. The molecule has 4 rings (SSSR count). The summed E-state index contributed by atoms with van der Waals surface area (Å²) in [5.74, 6) is 0.287. The molecule has 1 aromatic carbocycles. The SMILES string of the molecule is CSc1ccc(-c2cccc(C(=O)Nc3nnc(-c4ccco4)o3)c2)cn1. The molecule has 0 atom stereocenters. The molecular formula is C19H14N4O3S. The molecule has 1 amide bonds. The normalized spacial score (nSPS) is 10.7. The molecule has 7 nitrogen and oxygen atoms in total. The average Bonchev–Trinajstić information content (AvgIpc) is 3.40. The molecule has 3 heterocycles. The van der Waals surface area contributed by atoms with Crippen molar-refractivity contribution in [1.29, 1.82) is 0 Å². The topological polar surface area (TPSA) is 94.1 Å². The van der Waals surface area contributed by atoms with Crippen molar-refractivity contribution in [3.05, 3.63) is 66.6 Å². The lowest BCUT2D eigenvalue weighted by atomic mass is 10.0. The molecule has 4 aromatic rings. The number of rotatable bonds is 5. The Kier molecular flexibility index (Phi) is 4.71. The van der Waals surface area contributed by atoms with E-state index in [9.17, 15) is 4.79 Å². The van der Waals surface area contributed by atoms with Crippen LogP contribution in [0.3, 0.4) is 0 Å². The minimum Gasteiger partial charge on any atom is -0.459 e. The van der Waals surface area contributed by atoms with Crippen LogP contribution in [0.1, 0.15) is 10.4 Å². The lowest BCUT2D eigenvalue weighted by molar-refractivity contribution is 0.102. The number of pyridine rings is 1. The Bertz CT molecular complexity index is 1060. The highest BCUT2D eigenvalue weighted by molar-refractivity contribution is 7.98. The van der Waals surface area contributed by atoms with E-state index >= 15 is 0 Å². The third-order valence-electron chi connectivity index (χ3n) is 3.78. The molecule has 0 saturated carbocycles. The van der Waals surface area contributed by atoms with Gasteiger partial charge in [-0.1, -0.05) is 23.3 Å². The number of benzene rings is 1. The zero-order valence-electron chi connectivity index (χ0n) is 14.2. The maximum atomic E-state index is 12.5. The van der Waals surface area contributed by atoms with E-state index < -0.39 is 0 Å². The minimum atomic E-state index is -0.347. The van der Waals surface area contributed by atoms with Crippen LogP contribution in [0, 0.1) is 0 Å². The largest absolute Gasteiger partial charge is 0.459 e. The highest BCUT2D eigenvalue weighted by Gasteiger charge is 2.14. The number of aromatic nitrogens is 3. The second kappa shape index (κ2) is 7.46. The maximum Gasteiger partial charge on any atom is 0.322 e. The van der Waals surface area contributed by atoms with Gasteiger partial charge in [-0.05, 0) is 42.2 Å². The van der Waals surface area contributed by atoms with Crippen molar-refractivity contribution >= 4 is 23.7 Å². The number of nitrogens with one attached hydrogen (secondary N) is 1. The fourth-order valence-electron chi connectivity index (χ4n) is 2.45. The van der Waals surface area contributed by atoms with Gasteiger partial charge in [0, 0.05) is 17.3 Å². The van der Waals surface area contributed by atoms with Gasteiger partial charge in [0.1, 0.15) is 0 Å². The van der Waals surface area contributed by atoms with Gasteiger partial charge in [-0.25, -0.2) is 4.98 Å². The van der Waals surface area contributed by atoms with Crippen molar-refractivity contribution in [3.8, 4) is 22.8 Å². The van der Waals surface area contributed by atoms with Crippen LogP contribution in [0.4, 0.5) is 6.01 Å². The third-order valence-corrected chi connectivity index (χ3v) is 4.44. The van der Waals surface area contributed by atoms with Crippen LogP contribution in [0.5, 0.6) is 0 Å². The van der Waals surface area contributed by atoms with E-state index in [0.29, 0.717) is 11.3 Å². The summed E-state index contributed by atoms with van der Waals surface area (Å²) in [5.41, 5.74) is 2.30. The summed E-state index contributed by atoms with van der Waals surface area (Å²) in [5, 5.41) is 11.2. The van der Waals surface area contributed by atoms with Gasteiger partial charge < -0.3 is 8.83 Å².